The lowest BCUT2D eigenvalue weighted by molar-refractivity contribution is -0.139. The van der Waals surface area contributed by atoms with Crippen molar-refractivity contribution < 1.29 is 14.7 Å². The van der Waals surface area contributed by atoms with Crippen molar-refractivity contribution in [2.75, 3.05) is 0 Å². The van der Waals surface area contributed by atoms with Gasteiger partial charge in [-0.2, -0.15) is 0 Å². The van der Waals surface area contributed by atoms with E-state index in [2.05, 4.69) is 0 Å². The molecule has 0 fully saturated rings. The number of ketones is 1. The van der Waals surface area contributed by atoms with Crippen molar-refractivity contribution in [3.8, 4) is 0 Å². The minimum Gasteiger partial charge on any atom is -0.481 e. The normalized spacial score (nSPS) is 11.5. The molecule has 0 atom stereocenters. The molecule has 0 aromatic heterocycles. The van der Waals surface area contributed by atoms with Crippen LogP contribution < -0.4 is 0 Å². The summed E-state index contributed by atoms with van der Waals surface area (Å²) in [7, 11) is 0. The van der Waals surface area contributed by atoms with Gasteiger partial charge in [0, 0.05) is 12.0 Å². The topological polar surface area (TPSA) is 54.4 Å². The molecule has 0 unspecified atom stereocenters. The molecule has 104 valence electrons. The molecule has 1 N–H and O–H groups in total. The van der Waals surface area contributed by atoms with Crippen LogP contribution in [-0.4, -0.2) is 16.9 Å². The van der Waals surface area contributed by atoms with Gasteiger partial charge in [-0.15, -0.1) is 0 Å². The smallest absolute Gasteiger partial charge is 0.303 e. The highest BCUT2D eigenvalue weighted by molar-refractivity contribution is 6.00. The van der Waals surface area contributed by atoms with E-state index < -0.39 is 11.4 Å². The zero-order chi connectivity index (χ0) is 14.8. The van der Waals surface area contributed by atoms with Crippen LogP contribution >= 0.6 is 0 Å². The Bertz CT molecular complexity index is 656. The van der Waals surface area contributed by atoms with Gasteiger partial charge in [0.1, 0.15) is 0 Å². The number of benzene rings is 2. The molecular weight excluding hydrogens is 252 g/mol. The largest absolute Gasteiger partial charge is 0.481 e. The predicted octanol–water partition coefficient (Wildman–Crippen LogP) is 3.91. The zero-order valence-electron chi connectivity index (χ0n) is 11.7. The number of hydrogen-bond donors (Lipinski definition) is 1. The summed E-state index contributed by atoms with van der Waals surface area (Å²) >= 11 is 0. The van der Waals surface area contributed by atoms with Crippen LogP contribution in [0.4, 0.5) is 0 Å². The summed E-state index contributed by atoms with van der Waals surface area (Å²) in [5, 5.41) is 11.0. The van der Waals surface area contributed by atoms with Gasteiger partial charge in [0.05, 0.1) is 6.42 Å². The summed E-state index contributed by atoms with van der Waals surface area (Å²) in [6.07, 6.45) is 0.226. The van der Waals surface area contributed by atoms with Gasteiger partial charge in [-0.1, -0.05) is 50.2 Å². The SMILES string of the molecule is CC(C)(CC(=O)O)CC(=O)c1ccc2ccccc2c1. The van der Waals surface area contributed by atoms with Crippen molar-refractivity contribution in [2.24, 2.45) is 5.41 Å². The quantitative estimate of drug-likeness (QED) is 0.838. The van der Waals surface area contributed by atoms with Crippen LogP contribution in [-0.2, 0) is 4.79 Å². The lowest BCUT2D eigenvalue weighted by atomic mass is 9.82. The Hall–Kier alpha value is -2.16. The summed E-state index contributed by atoms with van der Waals surface area (Å²) in [6, 6.07) is 13.5. The Labute approximate surface area is 118 Å². The number of fused-ring (bicyclic) bond motifs is 1. The highest BCUT2D eigenvalue weighted by Gasteiger charge is 2.25. The third-order valence-corrected chi connectivity index (χ3v) is 3.34. The van der Waals surface area contributed by atoms with E-state index in [-0.39, 0.29) is 18.6 Å². The summed E-state index contributed by atoms with van der Waals surface area (Å²) in [6.45, 7) is 3.61. The molecule has 0 saturated carbocycles. The van der Waals surface area contributed by atoms with Gasteiger partial charge in [0.2, 0.25) is 0 Å². The molecule has 3 heteroatoms. The standard InChI is InChI=1S/C17H18O3/c1-17(2,11-16(19)20)10-15(18)14-8-7-12-5-3-4-6-13(12)9-14/h3-9H,10-11H2,1-2H3,(H,19,20). The Morgan fingerprint density at radius 2 is 1.65 bits per heavy atom. The van der Waals surface area contributed by atoms with Gasteiger partial charge in [0.15, 0.2) is 5.78 Å². The number of Topliss-reactive ketones (excluding diaryl/α,β-unsaturated/α-hetero) is 1. The average molecular weight is 270 g/mol. The number of carboxylic acid groups (broad SMARTS) is 1. The maximum Gasteiger partial charge on any atom is 0.303 e. The fraction of sp³-hybridized carbons (Fsp3) is 0.294. The Morgan fingerprint density at radius 3 is 2.30 bits per heavy atom. The minimum absolute atomic E-state index is 0.00762. The number of rotatable bonds is 5. The molecule has 0 heterocycles. The molecule has 0 bridgehead atoms. The molecule has 0 aliphatic rings. The third kappa shape index (κ3) is 3.44. The van der Waals surface area contributed by atoms with E-state index in [0.29, 0.717) is 5.56 Å². The Morgan fingerprint density at radius 1 is 1.00 bits per heavy atom. The van der Waals surface area contributed by atoms with E-state index >= 15 is 0 Å². The van der Waals surface area contributed by atoms with Crippen molar-refractivity contribution in [1.82, 2.24) is 0 Å². The first-order valence-electron chi connectivity index (χ1n) is 6.61. The second-order valence-electron chi connectivity index (χ2n) is 5.90. The maximum atomic E-state index is 12.3. The first-order valence-corrected chi connectivity index (χ1v) is 6.61. The first-order chi connectivity index (χ1) is 9.37. The molecule has 3 nitrogen and oxygen atoms in total. The molecule has 0 aliphatic heterocycles. The average Bonchev–Trinajstić information content (AvgIpc) is 2.36. The van der Waals surface area contributed by atoms with Gasteiger partial charge in [-0.25, -0.2) is 0 Å². The Balaban J connectivity index is 2.21. The molecular formula is C17H18O3. The lowest BCUT2D eigenvalue weighted by Gasteiger charge is -2.21. The van der Waals surface area contributed by atoms with Gasteiger partial charge < -0.3 is 5.11 Å². The summed E-state index contributed by atoms with van der Waals surface area (Å²) in [4.78, 5) is 23.1. The third-order valence-electron chi connectivity index (χ3n) is 3.34. The molecule has 0 amide bonds. The van der Waals surface area contributed by atoms with Crippen LogP contribution in [0.3, 0.4) is 0 Å². The number of carboxylic acids is 1. The van der Waals surface area contributed by atoms with E-state index in [0.717, 1.165) is 10.8 Å². The van der Waals surface area contributed by atoms with E-state index in [4.69, 9.17) is 5.11 Å². The van der Waals surface area contributed by atoms with Crippen LogP contribution in [0.15, 0.2) is 42.5 Å². The van der Waals surface area contributed by atoms with E-state index in [1.807, 2.05) is 42.5 Å². The zero-order valence-corrected chi connectivity index (χ0v) is 11.7. The van der Waals surface area contributed by atoms with Gasteiger partial charge in [-0.05, 0) is 22.3 Å². The van der Waals surface area contributed by atoms with Gasteiger partial charge in [0.25, 0.3) is 0 Å². The number of aliphatic carboxylic acids is 1. The molecule has 2 aromatic carbocycles. The van der Waals surface area contributed by atoms with Crippen LogP contribution in [0.1, 0.15) is 37.0 Å². The van der Waals surface area contributed by atoms with Crippen LogP contribution in [0, 0.1) is 5.41 Å². The van der Waals surface area contributed by atoms with Crippen LogP contribution in [0.25, 0.3) is 10.8 Å². The second kappa shape index (κ2) is 5.45. The molecule has 0 spiro atoms. The number of hydrogen-bond acceptors (Lipinski definition) is 2. The highest BCUT2D eigenvalue weighted by atomic mass is 16.4. The lowest BCUT2D eigenvalue weighted by Crippen LogP contribution is -2.21. The van der Waals surface area contributed by atoms with Crippen molar-refractivity contribution in [3.05, 3.63) is 48.0 Å². The van der Waals surface area contributed by atoms with Gasteiger partial charge in [-0.3, -0.25) is 9.59 Å². The van der Waals surface area contributed by atoms with Crippen molar-refractivity contribution in [2.45, 2.75) is 26.7 Å². The molecule has 20 heavy (non-hydrogen) atoms. The summed E-state index contributed by atoms with van der Waals surface area (Å²) < 4.78 is 0. The number of carbonyl (C=O) groups is 2. The predicted molar refractivity (Wildman–Crippen MR) is 78.9 cm³/mol. The first kappa shape index (κ1) is 14.3. The summed E-state index contributed by atoms with van der Waals surface area (Å²) in [5.74, 6) is -0.886. The van der Waals surface area contributed by atoms with Crippen LogP contribution in [0.2, 0.25) is 0 Å². The molecule has 2 rings (SSSR count). The van der Waals surface area contributed by atoms with E-state index in [1.54, 1.807) is 13.8 Å². The Kier molecular flexibility index (Phi) is 3.89. The molecule has 0 saturated heterocycles. The maximum absolute atomic E-state index is 12.3. The van der Waals surface area contributed by atoms with Crippen molar-refractivity contribution in [3.63, 3.8) is 0 Å². The summed E-state index contributed by atoms with van der Waals surface area (Å²) in [5.41, 5.74) is 0.108. The monoisotopic (exact) mass is 270 g/mol. The fourth-order valence-electron chi connectivity index (χ4n) is 2.37. The van der Waals surface area contributed by atoms with Crippen LogP contribution in [0.5, 0.6) is 0 Å². The van der Waals surface area contributed by atoms with Crippen molar-refractivity contribution in [1.29, 1.82) is 0 Å². The molecule has 0 radical (unpaired) electrons. The molecule has 0 aliphatic carbocycles. The minimum atomic E-state index is -0.874. The molecule has 2 aromatic rings. The van der Waals surface area contributed by atoms with E-state index in [9.17, 15) is 9.59 Å². The highest BCUT2D eigenvalue weighted by Crippen LogP contribution is 2.27. The van der Waals surface area contributed by atoms with Crippen molar-refractivity contribution >= 4 is 22.5 Å². The second-order valence-corrected chi connectivity index (χ2v) is 5.90. The van der Waals surface area contributed by atoms with E-state index in [1.165, 1.54) is 0 Å². The number of carbonyl (C=O) groups excluding carboxylic acids is 1. The van der Waals surface area contributed by atoms with Gasteiger partial charge >= 0.3 is 5.97 Å². The fourth-order valence-corrected chi connectivity index (χ4v) is 2.37.